The first kappa shape index (κ1) is 19.4. The number of amides is 1. The summed E-state index contributed by atoms with van der Waals surface area (Å²) < 4.78 is 19.4. The van der Waals surface area contributed by atoms with Crippen molar-refractivity contribution in [3.63, 3.8) is 0 Å². The molecule has 4 rings (SSSR count). The maximum atomic E-state index is 14.3. The fourth-order valence-electron chi connectivity index (χ4n) is 3.58. The van der Waals surface area contributed by atoms with Crippen LogP contribution in [0.3, 0.4) is 0 Å². The second-order valence-corrected chi connectivity index (χ2v) is 7.34. The summed E-state index contributed by atoms with van der Waals surface area (Å²) in [4.78, 5) is 30.2. The number of nitrogens with one attached hydrogen (secondary N) is 2. The highest BCUT2D eigenvalue weighted by Gasteiger charge is 2.23. The van der Waals surface area contributed by atoms with Gasteiger partial charge in [-0.1, -0.05) is 17.7 Å². The highest BCUT2D eigenvalue weighted by molar-refractivity contribution is 6.31. The van der Waals surface area contributed by atoms with E-state index in [4.69, 9.17) is 16.3 Å². The second kappa shape index (κ2) is 7.85. The van der Waals surface area contributed by atoms with Crippen LogP contribution < -0.4 is 15.5 Å². The summed E-state index contributed by atoms with van der Waals surface area (Å²) in [5, 5.41) is 3.06. The van der Waals surface area contributed by atoms with Crippen molar-refractivity contribution in [3.05, 3.63) is 68.7 Å². The van der Waals surface area contributed by atoms with Gasteiger partial charge in [0.15, 0.2) is 11.2 Å². The van der Waals surface area contributed by atoms with Crippen LogP contribution in [0.2, 0.25) is 5.02 Å². The average molecular weight is 416 g/mol. The van der Waals surface area contributed by atoms with Gasteiger partial charge in [0.25, 0.3) is 0 Å². The van der Waals surface area contributed by atoms with Gasteiger partial charge < -0.3 is 15.0 Å². The Kier molecular flexibility index (Phi) is 5.25. The Balaban J connectivity index is 1.52. The van der Waals surface area contributed by atoms with Crippen molar-refractivity contribution in [1.29, 1.82) is 0 Å². The standard InChI is InChI=1S/C21H19ClFN3O3/c1-29-13-4-2-3-12(9-13)24-18(27)11-26-8-7-17-15(10-26)21(28)14-5-6-16(22)19(23)20(14)25-17/h2-6,9H,7-8,10-11H2,1H3,(H,24,27)(H,25,28). The Hall–Kier alpha value is -2.90. The van der Waals surface area contributed by atoms with E-state index in [-0.39, 0.29) is 33.8 Å². The molecule has 0 radical (unpaired) electrons. The van der Waals surface area contributed by atoms with E-state index in [1.165, 1.54) is 12.1 Å². The number of halogens is 2. The van der Waals surface area contributed by atoms with Crippen LogP contribution in [-0.2, 0) is 17.8 Å². The molecule has 0 spiro atoms. The summed E-state index contributed by atoms with van der Waals surface area (Å²) in [6, 6.07) is 10.0. The van der Waals surface area contributed by atoms with E-state index < -0.39 is 5.82 Å². The maximum Gasteiger partial charge on any atom is 0.238 e. The number of aromatic amines is 1. The summed E-state index contributed by atoms with van der Waals surface area (Å²) in [5.41, 5.74) is 1.78. The number of nitrogens with zero attached hydrogens (tertiary/aromatic N) is 1. The zero-order valence-electron chi connectivity index (χ0n) is 15.7. The molecule has 0 saturated carbocycles. The van der Waals surface area contributed by atoms with Crippen molar-refractivity contribution >= 4 is 34.1 Å². The molecule has 150 valence electrons. The topological polar surface area (TPSA) is 74.4 Å². The molecule has 1 amide bonds. The number of rotatable bonds is 4. The molecule has 0 unspecified atom stereocenters. The molecular weight excluding hydrogens is 397 g/mol. The van der Waals surface area contributed by atoms with E-state index in [1.807, 2.05) is 4.90 Å². The molecule has 6 nitrogen and oxygen atoms in total. The Morgan fingerprint density at radius 2 is 2.17 bits per heavy atom. The molecule has 0 aliphatic carbocycles. The number of methoxy groups -OCH3 is 1. The van der Waals surface area contributed by atoms with Gasteiger partial charge in [-0.2, -0.15) is 0 Å². The van der Waals surface area contributed by atoms with E-state index in [0.717, 1.165) is 0 Å². The third-order valence-corrected chi connectivity index (χ3v) is 5.33. The van der Waals surface area contributed by atoms with Gasteiger partial charge in [0.05, 0.1) is 24.2 Å². The predicted octanol–water partition coefficient (Wildman–Crippen LogP) is 3.33. The van der Waals surface area contributed by atoms with Gasteiger partial charge in [0.1, 0.15) is 5.75 Å². The van der Waals surface area contributed by atoms with Crippen LogP contribution in [0.5, 0.6) is 5.75 Å². The first-order valence-corrected chi connectivity index (χ1v) is 9.52. The molecule has 0 bridgehead atoms. The third-order valence-electron chi connectivity index (χ3n) is 5.03. The number of benzene rings is 2. The van der Waals surface area contributed by atoms with E-state index in [1.54, 1.807) is 31.4 Å². The van der Waals surface area contributed by atoms with Crippen molar-refractivity contribution < 1.29 is 13.9 Å². The normalized spacial score (nSPS) is 13.9. The molecule has 0 fully saturated rings. The van der Waals surface area contributed by atoms with Crippen LogP contribution in [0, 0.1) is 5.82 Å². The van der Waals surface area contributed by atoms with Crippen molar-refractivity contribution in [1.82, 2.24) is 9.88 Å². The van der Waals surface area contributed by atoms with Gasteiger partial charge in [0.2, 0.25) is 5.91 Å². The predicted molar refractivity (Wildman–Crippen MR) is 110 cm³/mol. The van der Waals surface area contributed by atoms with Gasteiger partial charge in [-0.3, -0.25) is 14.5 Å². The second-order valence-electron chi connectivity index (χ2n) is 6.94. The van der Waals surface area contributed by atoms with Crippen LogP contribution in [0.25, 0.3) is 10.9 Å². The number of H-pyrrole nitrogens is 1. The summed E-state index contributed by atoms with van der Waals surface area (Å²) in [5.74, 6) is -0.152. The number of aromatic nitrogens is 1. The van der Waals surface area contributed by atoms with Crippen molar-refractivity contribution in [2.24, 2.45) is 0 Å². The van der Waals surface area contributed by atoms with E-state index in [9.17, 15) is 14.0 Å². The number of carbonyl (C=O) groups excluding carboxylic acids is 1. The number of fused-ring (bicyclic) bond motifs is 2. The minimum absolute atomic E-state index is 0.0280. The van der Waals surface area contributed by atoms with Crippen molar-refractivity contribution in [2.75, 3.05) is 25.5 Å². The molecule has 2 aromatic carbocycles. The fourth-order valence-corrected chi connectivity index (χ4v) is 3.74. The smallest absolute Gasteiger partial charge is 0.238 e. The number of pyridine rings is 1. The van der Waals surface area contributed by atoms with Crippen molar-refractivity contribution in [2.45, 2.75) is 13.0 Å². The van der Waals surface area contributed by atoms with E-state index >= 15 is 0 Å². The Labute approximate surface area is 171 Å². The largest absolute Gasteiger partial charge is 0.497 e. The molecule has 3 aromatic rings. The zero-order chi connectivity index (χ0) is 20.5. The lowest BCUT2D eigenvalue weighted by Crippen LogP contribution is -2.39. The van der Waals surface area contributed by atoms with E-state index in [0.29, 0.717) is 42.2 Å². The fraction of sp³-hybridized carbons (Fsp3) is 0.238. The first-order chi connectivity index (χ1) is 14.0. The number of hydrogen-bond donors (Lipinski definition) is 2. The average Bonchev–Trinajstić information content (AvgIpc) is 2.71. The van der Waals surface area contributed by atoms with Crippen LogP contribution in [0.4, 0.5) is 10.1 Å². The van der Waals surface area contributed by atoms with Gasteiger partial charge in [-0.05, 0) is 24.3 Å². The minimum Gasteiger partial charge on any atom is -0.497 e. The van der Waals surface area contributed by atoms with Crippen LogP contribution in [0.15, 0.2) is 41.2 Å². The van der Waals surface area contributed by atoms with Gasteiger partial charge in [-0.15, -0.1) is 0 Å². The van der Waals surface area contributed by atoms with Gasteiger partial charge >= 0.3 is 0 Å². The molecule has 1 aliphatic rings. The van der Waals surface area contributed by atoms with Crippen LogP contribution in [0.1, 0.15) is 11.3 Å². The lowest BCUT2D eigenvalue weighted by Gasteiger charge is -2.28. The molecule has 1 aromatic heterocycles. The summed E-state index contributed by atoms with van der Waals surface area (Å²) in [6.45, 7) is 1.03. The minimum atomic E-state index is -0.621. The van der Waals surface area contributed by atoms with E-state index in [2.05, 4.69) is 10.3 Å². The Morgan fingerprint density at radius 1 is 1.34 bits per heavy atom. The number of ether oxygens (including phenoxy) is 1. The van der Waals surface area contributed by atoms with Gasteiger partial charge in [-0.25, -0.2) is 4.39 Å². The molecule has 2 heterocycles. The quantitative estimate of drug-likeness (QED) is 0.685. The van der Waals surface area contributed by atoms with Crippen LogP contribution >= 0.6 is 11.6 Å². The molecule has 1 aliphatic heterocycles. The first-order valence-electron chi connectivity index (χ1n) is 9.14. The maximum absolute atomic E-state index is 14.3. The monoisotopic (exact) mass is 415 g/mol. The number of anilines is 1. The molecule has 2 N–H and O–H groups in total. The summed E-state index contributed by atoms with van der Waals surface area (Å²) in [6.07, 6.45) is 0.513. The highest BCUT2D eigenvalue weighted by atomic mass is 35.5. The molecule has 8 heteroatoms. The molecule has 0 saturated heterocycles. The third kappa shape index (κ3) is 3.83. The van der Waals surface area contributed by atoms with Gasteiger partial charge in [0, 0.05) is 47.9 Å². The zero-order valence-corrected chi connectivity index (χ0v) is 16.5. The molecule has 29 heavy (non-hydrogen) atoms. The Bertz CT molecular complexity index is 1160. The Morgan fingerprint density at radius 3 is 2.97 bits per heavy atom. The molecule has 0 atom stereocenters. The van der Waals surface area contributed by atoms with Crippen LogP contribution in [-0.4, -0.2) is 36.0 Å². The number of carbonyl (C=O) groups is 1. The lowest BCUT2D eigenvalue weighted by atomic mass is 10.0. The SMILES string of the molecule is COc1cccc(NC(=O)CN2CCc3[nH]c4c(F)c(Cl)ccc4c(=O)c3C2)c1. The number of hydrogen-bond acceptors (Lipinski definition) is 4. The molecular formula is C21H19ClFN3O3. The van der Waals surface area contributed by atoms with Crippen molar-refractivity contribution in [3.8, 4) is 5.75 Å². The summed E-state index contributed by atoms with van der Waals surface area (Å²) in [7, 11) is 1.56. The highest BCUT2D eigenvalue weighted by Crippen LogP contribution is 2.24. The lowest BCUT2D eigenvalue weighted by molar-refractivity contribution is -0.117. The summed E-state index contributed by atoms with van der Waals surface area (Å²) >= 11 is 5.83.